The largest absolute Gasteiger partial charge is 0.377 e. The van der Waals surface area contributed by atoms with E-state index in [-0.39, 0.29) is 11.4 Å². The zero-order chi connectivity index (χ0) is 12.9. The summed E-state index contributed by atoms with van der Waals surface area (Å²) in [5.74, 6) is 0.690. The minimum Gasteiger partial charge on any atom is -0.377 e. The van der Waals surface area contributed by atoms with Crippen LogP contribution in [0.4, 0.5) is 0 Å². The molecule has 0 saturated carbocycles. The van der Waals surface area contributed by atoms with Crippen LogP contribution in [0.25, 0.3) is 0 Å². The van der Waals surface area contributed by atoms with E-state index in [0.29, 0.717) is 25.5 Å². The third kappa shape index (κ3) is 4.94. The van der Waals surface area contributed by atoms with Crippen molar-refractivity contribution in [2.45, 2.75) is 57.8 Å². The summed E-state index contributed by atoms with van der Waals surface area (Å²) in [6.45, 7) is 7.30. The summed E-state index contributed by atoms with van der Waals surface area (Å²) in [4.78, 5) is 0. The van der Waals surface area contributed by atoms with Crippen molar-refractivity contribution < 1.29 is 13.2 Å². The van der Waals surface area contributed by atoms with E-state index in [1.165, 1.54) is 0 Å². The number of sulfonamides is 1. The van der Waals surface area contributed by atoms with Gasteiger partial charge >= 0.3 is 0 Å². The van der Waals surface area contributed by atoms with Crippen molar-refractivity contribution in [3.8, 4) is 0 Å². The van der Waals surface area contributed by atoms with Crippen molar-refractivity contribution in [3.63, 3.8) is 0 Å². The molecule has 4 nitrogen and oxygen atoms in total. The monoisotopic (exact) mass is 263 g/mol. The highest BCUT2D eigenvalue weighted by molar-refractivity contribution is 7.90. The number of unbranched alkanes of at least 4 members (excludes halogenated alkanes) is 1. The number of hydrogen-bond donors (Lipinski definition) is 1. The molecule has 1 rings (SSSR count). The van der Waals surface area contributed by atoms with Gasteiger partial charge < -0.3 is 4.74 Å². The van der Waals surface area contributed by atoms with Crippen LogP contribution in [0.5, 0.6) is 0 Å². The van der Waals surface area contributed by atoms with Gasteiger partial charge in [-0.15, -0.1) is 0 Å². The SMILES string of the molecule is CC(C)CCCCNS(=O)(=O)[C@H]1CCO[C@H]1C. The topological polar surface area (TPSA) is 55.4 Å². The first-order valence-electron chi connectivity index (χ1n) is 6.53. The van der Waals surface area contributed by atoms with E-state index in [4.69, 9.17) is 4.74 Å². The van der Waals surface area contributed by atoms with Gasteiger partial charge in [0.25, 0.3) is 0 Å². The van der Waals surface area contributed by atoms with E-state index < -0.39 is 10.0 Å². The Kier molecular flexibility index (Phi) is 5.89. The molecule has 0 bridgehead atoms. The standard InChI is InChI=1S/C12H25NO3S/c1-10(2)6-4-5-8-13-17(14,15)12-7-9-16-11(12)3/h10-13H,4-9H2,1-3H3/t11-,12-/m0/s1. The number of nitrogens with one attached hydrogen (secondary N) is 1. The second-order valence-electron chi connectivity index (χ2n) is 5.23. The second kappa shape index (κ2) is 6.71. The molecular weight excluding hydrogens is 238 g/mol. The van der Waals surface area contributed by atoms with Crippen LogP contribution in [-0.4, -0.2) is 32.9 Å². The molecule has 1 N–H and O–H groups in total. The van der Waals surface area contributed by atoms with Crippen LogP contribution < -0.4 is 4.72 Å². The highest BCUT2D eigenvalue weighted by Crippen LogP contribution is 2.19. The summed E-state index contributed by atoms with van der Waals surface area (Å²) < 4.78 is 31.9. The molecule has 0 aliphatic carbocycles. The average molecular weight is 263 g/mol. The molecule has 1 aliphatic rings. The quantitative estimate of drug-likeness (QED) is 0.714. The van der Waals surface area contributed by atoms with Gasteiger partial charge in [0, 0.05) is 13.2 Å². The fourth-order valence-corrected chi connectivity index (χ4v) is 3.75. The maximum absolute atomic E-state index is 11.9. The zero-order valence-electron chi connectivity index (χ0n) is 11.1. The molecular formula is C12H25NO3S. The van der Waals surface area contributed by atoms with Crippen LogP contribution in [0.15, 0.2) is 0 Å². The fraction of sp³-hybridized carbons (Fsp3) is 1.00. The Labute approximate surface area is 105 Å². The first-order chi connectivity index (χ1) is 7.93. The molecule has 1 aliphatic heterocycles. The van der Waals surface area contributed by atoms with Crippen molar-refractivity contribution in [2.24, 2.45) is 5.92 Å². The molecule has 0 aromatic rings. The normalized spacial score (nSPS) is 25.6. The lowest BCUT2D eigenvalue weighted by atomic mass is 10.1. The minimum absolute atomic E-state index is 0.178. The highest BCUT2D eigenvalue weighted by atomic mass is 32.2. The molecule has 5 heteroatoms. The van der Waals surface area contributed by atoms with Gasteiger partial charge in [-0.2, -0.15) is 0 Å². The molecule has 17 heavy (non-hydrogen) atoms. The molecule has 0 aromatic heterocycles. The third-order valence-corrected chi connectivity index (χ3v) is 5.24. The Morgan fingerprint density at radius 1 is 1.35 bits per heavy atom. The van der Waals surface area contributed by atoms with Crippen molar-refractivity contribution in [3.05, 3.63) is 0 Å². The first kappa shape index (κ1) is 14.9. The van der Waals surface area contributed by atoms with Gasteiger partial charge in [0.2, 0.25) is 10.0 Å². The summed E-state index contributed by atoms with van der Waals surface area (Å²) in [6, 6.07) is 0. The Morgan fingerprint density at radius 3 is 2.59 bits per heavy atom. The van der Waals surface area contributed by atoms with Crippen LogP contribution in [0, 0.1) is 5.92 Å². The maximum atomic E-state index is 11.9. The smallest absolute Gasteiger partial charge is 0.217 e. The molecule has 0 amide bonds. The van der Waals surface area contributed by atoms with Crippen LogP contribution in [-0.2, 0) is 14.8 Å². The van der Waals surface area contributed by atoms with Crippen LogP contribution in [0.2, 0.25) is 0 Å². The molecule has 0 aromatic carbocycles. The van der Waals surface area contributed by atoms with Crippen molar-refractivity contribution >= 4 is 10.0 Å². The Bertz CT molecular complexity index is 314. The van der Waals surface area contributed by atoms with Crippen LogP contribution >= 0.6 is 0 Å². The lowest BCUT2D eigenvalue weighted by Gasteiger charge is -2.15. The van der Waals surface area contributed by atoms with Gasteiger partial charge in [-0.1, -0.05) is 26.7 Å². The Morgan fingerprint density at radius 2 is 2.06 bits per heavy atom. The third-order valence-electron chi connectivity index (χ3n) is 3.22. The lowest BCUT2D eigenvalue weighted by Crippen LogP contribution is -2.38. The summed E-state index contributed by atoms with van der Waals surface area (Å²) in [5.41, 5.74) is 0. The lowest BCUT2D eigenvalue weighted by molar-refractivity contribution is 0.126. The Hall–Kier alpha value is -0.130. The van der Waals surface area contributed by atoms with Gasteiger partial charge in [-0.05, 0) is 25.7 Å². The first-order valence-corrected chi connectivity index (χ1v) is 8.08. The summed E-state index contributed by atoms with van der Waals surface area (Å²) in [6.07, 6.45) is 3.59. The molecule has 1 fully saturated rings. The second-order valence-corrected chi connectivity index (χ2v) is 7.22. The fourth-order valence-electron chi connectivity index (χ4n) is 2.12. The summed E-state index contributed by atoms with van der Waals surface area (Å²) in [5, 5.41) is -0.368. The number of hydrogen-bond acceptors (Lipinski definition) is 3. The number of ether oxygens (including phenoxy) is 1. The van der Waals surface area contributed by atoms with Crippen molar-refractivity contribution in [2.75, 3.05) is 13.2 Å². The molecule has 0 spiro atoms. The Balaban J connectivity index is 2.25. The van der Waals surface area contributed by atoms with E-state index in [1.54, 1.807) is 0 Å². The predicted molar refractivity (Wildman–Crippen MR) is 69.4 cm³/mol. The van der Waals surface area contributed by atoms with Crippen LogP contribution in [0.1, 0.15) is 46.5 Å². The molecule has 0 radical (unpaired) electrons. The molecule has 1 heterocycles. The van der Waals surface area contributed by atoms with E-state index in [9.17, 15) is 8.42 Å². The minimum atomic E-state index is -3.18. The zero-order valence-corrected chi connectivity index (χ0v) is 11.9. The van der Waals surface area contributed by atoms with Crippen molar-refractivity contribution in [1.82, 2.24) is 4.72 Å². The maximum Gasteiger partial charge on any atom is 0.217 e. The van der Waals surface area contributed by atoms with Crippen molar-refractivity contribution in [1.29, 1.82) is 0 Å². The molecule has 0 unspecified atom stereocenters. The van der Waals surface area contributed by atoms with E-state index in [0.717, 1.165) is 19.3 Å². The molecule has 102 valence electrons. The van der Waals surface area contributed by atoms with Gasteiger partial charge in [0.15, 0.2) is 0 Å². The predicted octanol–water partition coefficient (Wildman–Crippen LogP) is 1.91. The van der Waals surface area contributed by atoms with E-state index in [1.807, 2.05) is 6.92 Å². The summed E-state index contributed by atoms with van der Waals surface area (Å²) >= 11 is 0. The van der Waals surface area contributed by atoms with Crippen LogP contribution in [0.3, 0.4) is 0 Å². The average Bonchev–Trinajstić information content (AvgIpc) is 2.64. The van der Waals surface area contributed by atoms with Gasteiger partial charge in [0.05, 0.1) is 6.10 Å². The summed E-state index contributed by atoms with van der Waals surface area (Å²) in [7, 11) is -3.18. The molecule has 2 atom stereocenters. The van der Waals surface area contributed by atoms with Gasteiger partial charge in [-0.25, -0.2) is 13.1 Å². The molecule has 1 saturated heterocycles. The van der Waals surface area contributed by atoms with E-state index in [2.05, 4.69) is 18.6 Å². The number of rotatable bonds is 7. The van der Waals surface area contributed by atoms with Gasteiger partial charge in [0.1, 0.15) is 5.25 Å². The van der Waals surface area contributed by atoms with E-state index >= 15 is 0 Å². The highest BCUT2D eigenvalue weighted by Gasteiger charge is 2.35. The van der Waals surface area contributed by atoms with Gasteiger partial charge in [-0.3, -0.25) is 0 Å².